The molecule has 0 aromatic carbocycles. The van der Waals surface area contributed by atoms with E-state index < -0.39 is 8.25 Å². The number of amides is 2. The lowest BCUT2D eigenvalue weighted by Gasteiger charge is -2.18. The highest BCUT2D eigenvalue weighted by molar-refractivity contribution is 7.33. The molecule has 2 unspecified atom stereocenters. The first kappa shape index (κ1) is 20.6. The van der Waals surface area contributed by atoms with Crippen molar-refractivity contribution in [2.24, 2.45) is 0 Å². The van der Waals surface area contributed by atoms with Gasteiger partial charge in [0.1, 0.15) is 0 Å². The van der Waals surface area contributed by atoms with Crippen LogP contribution in [-0.4, -0.2) is 37.1 Å². The van der Waals surface area contributed by atoms with Gasteiger partial charge < -0.3 is 19.7 Å². The van der Waals surface area contributed by atoms with E-state index in [0.29, 0.717) is 12.8 Å². The Morgan fingerprint density at radius 3 is 1.64 bits per heavy atom. The molecule has 2 N–H and O–H groups in total. The molecule has 7 nitrogen and oxygen atoms in total. The first-order valence-electron chi connectivity index (χ1n) is 7.12. The van der Waals surface area contributed by atoms with Crippen LogP contribution in [0.25, 0.3) is 0 Å². The lowest BCUT2D eigenvalue weighted by molar-refractivity contribution is -0.118. The van der Waals surface area contributed by atoms with E-state index in [2.05, 4.69) is 23.8 Å². The topological polar surface area (TPSA) is 93.7 Å². The van der Waals surface area contributed by atoms with Crippen molar-refractivity contribution < 1.29 is 23.2 Å². The zero-order valence-corrected chi connectivity index (χ0v) is 14.1. The quantitative estimate of drug-likeness (QED) is 0.418. The summed E-state index contributed by atoms with van der Waals surface area (Å²) in [5.41, 5.74) is 0. The van der Waals surface area contributed by atoms with Crippen LogP contribution in [0.2, 0.25) is 0 Å². The van der Waals surface area contributed by atoms with Crippen molar-refractivity contribution in [2.75, 3.05) is 13.2 Å². The van der Waals surface area contributed by atoms with E-state index >= 15 is 0 Å². The van der Waals surface area contributed by atoms with Gasteiger partial charge in [-0.3, -0.25) is 14.2 Å². The van der Waals surface area contributed by atoms with Crippen LogP contribution in [0.15, 0.2) is 25.3 Å². The highest BCUT2D eigenvalue weighted by Gasteiger charge is 2.13. The van der Waals surface area contributed by atoms with Crippen molar-refractivity contribution in [2.45, 2.75) is 38.8 Å². The van der Waals surface area contributed by atoms with Crippen LogP contribution in [0.5, 0.6) is 0 Å². The molecule has 0 radical (unpaired) electrons. The molecule has 0 fully saturated rings. The maximum absolute atomic E-state index is 11.7. The molecule has 126 valence electrons. The van der Waals surface area contributed by atoms with Gasteiger partial charge >= 0.3 is 8.25 Å². The highest BCUT2D eigenvalue weighted by Crippen LogP contribution is 2.24. The second-order valence-corrected chi connectivity index (χ2v) is 5.59. The van der Waals surface area contributed by atoms with E-state index in [-0.39, 0.29) is 37.1 Å². The minimum atomic E-state index is -2.69. The van der Waals surface area contributed by atoms with Crippen LogP contribution in [0, 0.1) is 0 Å². The fraction of sp³-hybridized carbons (Fsp3) is 0.571. The van der Waals surface area contributed by atoms with Gasteiger partial charge in [-0.2, -0.15) is 0 Å². The van der Waals surface area contributed by atoms with Gasteiger partial charge in [0, 0.05) is 0 Å². The molecule has 0 aromatic heterocycles. The van der Waals surface area contributed by atoms with Gasteiger partial charge in [-0.1, -0.05) is 27.0 Å². The van der Waals surface area contributed by atoms with Crippen LogP contribution in [0.1, 0.15) is 26.7 Å². The highest BCUT2D eigenvalue weighted by atomic mass is 31.1. The molecular weight excluding hydrogens is 307 g/mol. The summed E-state index contributed by atoms with van der Waals surface area (Å²) in [5, 5.41) is 5.31. The van der Waals surface area contributed by atoms with Gasteiger partial charge in [-0.15, -0.1) is 0 Å². The summed E-state index contributed by atoms with van der Waals surface area (Å²) in [4.78, 5) is 22.4. The van der Waals surface area contributed by atoms with Crippen LogP contribution in [0.4, 0.5) is 0 Å². The van der Waals surface area contributed by atoms with E-state index in [0.717, 1.165) is 12.2 Å². The molecule has 0 aliphatic carbocycles. The lowest BCUT2D eigenvalue weighted by atomic mass is 10.2. The Labute approximate surface area is 132 Å². The van der Waals surface area contributed by atoms with Gasteiger partial charge in [-0.05, 0) is 25.0 Å². The average molecular weight is 332 g/mol. The molecule has 0 aromatic rings. The standard InChI is InChI=1S/C14H25N2O5P/c1-5-11(15-13(17)7-3)9-20-22(19)21-10-12(6-2)16-14(18)8-4/h7-8,11-12,22H,3-6,9-10H2,1-2H3,(H,15,17)(H,16,18). The fourth-order valence-electron chi connectivity index (χ4n) is 1.42. The second-order valence-electron chi connectivity index (χ2n) is 4.51. The number of hydrogen-bond acceptors (Lipinski definition) is 5. The molecule has 2 amide bonds. The molecule has 8 heteroatoms. The van der Waals surface area contributed by atoms with Crippen molar-refractivity contribution in [3.8, 4) is 0 Å². The lowest BCUT2D eigenvalue weighted by Crippen LogP contribution is -2.37. The third kappa shape index (κ3) is 9.50. The largest absolute Gasteiger partial charge is 0.348 e. The first-order chi connectivity index (χ1) is 10.5. The Balaban J connectivity index is 4.10. The minimum Gasteiger partial charge on any atom is -0.348 e. The van der Waals surface area contributed by atoms with E-state index in [1.807, 2.05) is 13.8 Å². The fourth-order valence-corrected chi connectivity index (χ4v) is 2.18. The molecule has 0 aliphatic heterocycles. The molecule has 0 heterocycles. The van der Waals surface area contributed by atoms with E-state index in [1.54, 1.807) is 0 Å². The first-order valence-corrected chi connectivity index (χ1v) is 8.34. The SMILES string of the molecule is C=CC(=O)NC(CC)CO[PH](=O)OCC(CC)NC(=O)C=C. The molecule has 0 saturated carbocycles. The average Bonchev–Trinajstić information content (AvgIpc) is 2.54. The zero-order chi connectivity index (χ0) is 17.0. The van der Waals surface area contributed by atoms with Crippen molar-refractivity contribution in [3.63, 3.8) is 0 Å². The van der Waals surface area contributed by atoms with Gasteiger partial charge in [0.25, 0.3) is 0 Å². The van der Waals surface area contributed by atoms with Gasteiger partial charge in [0.15, 0.2) is 0 Å². The van der Waals surface area contributed by atoms with Crippen molar-refractivity contribution >= 4 is 20.1 Å². The Morgan fingerprint density at radius 1 is 1.00 bits per heavy atom. The van der Waals surface area contributed by atoms with Crippen molar-refractivity contribution in [3.05, 3.63) is 25.3 Å². The summed E-state index contributed by atoms with van der Waals surface area (Å²) in [6.07, 6.45) is 3.58. The summed E-state index contributed by atoms with van der Waals surface area (Å²) >= 11 is 0. The Morgan fingerprint density at radius 2 is 1.36 bits per heavy atom. The van der Waals surface area contributed by atoms with Crippen molar-refractivity contribution in [1.29, 1.82) is 0 Å². The monoisotopic (exact) mass is 332 g/mol. The normalized spacial score (nSPS) is 14.5. The maximum Gasteiger partial charge on any atom is 0.319 e. The van der Waals surface area contributed by atoms with Crippen LogP contribution < -0.4 is 10.6 Å². The summed E-state index contributed by atoms with van der Waals surface area (Å²) in [6.45, 7) is 10.6. The third-order valence-electron chi connectivity index (χ3n) is 2.85. The predicted molar refractivity (Wildman–Crippen MR) is 85.7 cm³/mol. The maximum atomic E-state index is 11.7. The van der Waals surface area contributed by atoms with E-state index in [1.165, 1.54) is 0 Å². The number of carbonyl (C=O) groups is 2. The van der Waals surface area contributed by atoms with Crippen molar-refractivity contribution in [1.82, 2.24) is 10.6 Å². The van der Waals surface area contributed by atoms with Gasteiger partial charge in [0.2, 0.25) is 11.8 Å². The minimum absolute atomic E-state index is 0.0870. The molecule has 0 spiro atoms. The van der Waals surface area contributed by atoms with Crippen LogP contribution in [0.3, 0.4) is 0 Å². The number of carbonyl (C=O) groups excluding carboxylic acids is 2. The second kappa shape index (κ2) is 12.1. The Bertz CT molecular complexity index is 378. The molecule has 0 rings (SSSR count). The number of hydrogen-bond donors (Lipinski definition) is 2. The number of nitrogens with one attached hydrogen (secondary N) is 2. The van der Waals surface area contributed by atoms with E-state index in [9.17, 15) is 14.2 Å². The smallest absolute Gasteiger partial charge is 0.319 e. The summed E-state index contributed by atoms with van der Waals surface area (Å²) in [7, 11) is -2.69. The summed E-state index contributed by atoms with van der Waals surface area (Å²) in [6, 6.07) is -0.518. The number of rotatable bonds is 12. The van der Waals surface area contributed by atoms with Gasteiger partial charge in [0.05, 0.1) is 25.3 Å². The molecule has 2 atom stereocenters. The molecule has 22 heavy (non-hydrogen) atoms. The predicted octanol–water partition coefficient (Wildman–Crippen LogP) is 1.57. The summed E-state index contributed by atoms with van der Waals surface area (Å²) < 4.78 is 21.9. The van der Waals surface area contributed by atoms with E-state index in [4.69, 9.17) is 9.05 Å². The van der Waals surface area contributed by atoms with Crippen LogP contribution >= 0.6 is 8.25 Å². The summed E-state index contributed by atoms with van der Waals surface area (Å²) in [5.74, 6) is -0.622. The molecule has 0 saturated heterocycles. The molecule has 0 aliphatic rings. The zero-order valence-electron chi connectivity index (χ0n) is 13.1. The Kier molecular flexibility index (Phi) is 11.4. The molecular formula is C14H25N2O5P. The van der Waals surface area contributed by atoms with Gasteiger partial charge in [-0.25, -0.2) is 0 Å². The third-order valence-corrected chi connectivity index (χ3v) is 3.66. The van der Waals surface area contributed by atoms with Crippen LogP contribution in [-0.2, 0) is 23.2 Å². The molecule has 0 bridgehead atoms. The Hall–Kier alpha value is -1.43.